The van der Waals surface area contributed by atoms with Crippen LogP contribution < -0.4 is 10.6 Å². The van der Waals surface area contributed by atoms with Gasteiger partial charge in [0.2, 0.25) is 5.91 Å². The summed E-state index contributed by atoms with van der Waals surface area (Å²) < 4.78 is 1.92. The lowest BCUT2D eigenvalue weighted by atomic mass is 10.1. The van der Waals surface area contributed by atoms with Crippen molar-refractivity contribution in [3.8, 4) is 0 Å². The van der Waals surface area contributed by atoms with Crippen LogP contribution >= 0.6 is 24.0 Å². The van der Waals surface area contributed by atoms with Crippen molar-refractivity contribution in [2.75, 3.05) is 26.2 Å². The van der Waals surface area contributed by atoms with E-state index in [1.54, 1.807) is 0 Å². The van der Waals surface area contributed by atoms with Crippen molar-refractivity contribution in [3.63, 3.8) is 0 Å². The van der Waals surface area contributed by atoms with Gasteiger partial charge in [0.15, 0.2) is 5.96 Å². The van der Waals surface area contributed by atoms with Crippen molar-refractivity contribution >= 4 is 35.8 Å². The van der Waals surface area contributed by atoms with E-state index in [9.17, 15) is 4.79 Å². The Morgan fingerprint density at radius 3 is 2.78 bits per heavy atom. The maximum absolute atomic E-state index is 12.6. The van der Waals surface area contributed by atoms with Crippen molar-refractivity contribution in [1.29, 1.82) is 0 Å². The fourth-order valence-corrected chi connectivity index (χ4v) is 3.88. The Hall–Kier alpha value is -1.32. The number of hydrogen-bond donors (Lipinski definition) is 2. The number of hydrogen-bond acceptors (Lipinski definition) is 3. The maximum Gasteiger partial charge on any atom is 0.225 e. The molecule has 1 aromatic rings. The molecule has 2 heterocycles. The SMILES string of the molecule is CCNC(=NCCn1cc(C)cn1)NC1CCN(C(=O)C2CCCC2)C1.I. The molecule has 2 N–H and O–H groups in total. The van der Waals surface area contributed by atoms with Crippen LogP contribution in [0.15, 0.2) is 17.4 Å². The molecule has 1 saturated carbocycles. The standard InChI is InChI=1S/C19H32N6O.HI/c1-3-20-19(21-9-11-25-13-15(2)12-22-25)23-17-8-10-24(14-17)18(26)16-6-4-5-7-16;/h12-13,16-17H,3-11,14H2,1-2H3,(H2,20,21,23);1H. The maximum atomic E-state index is 12.6. The number of carbonyl (C=O) groups is 1. The van der Waals surface area contributed by atoms with Crippen molar-refractivity contribution in [1.82, 2.24) is 25.3 Å². The van der Waals surface area contributed by atoms with Gasteiger partial charge in [0, 0.05) is 37.8 Å². The number of guanidine groups is 1. The van der Waals surface area contributed by atoms with Gasteiger partial charge in [-0.25, -0.2) is 0 Å². The summed E-state index contributed by atoms with van der Waals surface area (Å²) in [5, 5.41) is 11.1. The molecule has 152 valence electrons. The van der Waals surface area contributed by atoms with Crippen molar-refractivity contribution < 1.29 is 4.79 Å². The second-order valence-electron chi connectivity index (χ2n) is 7.44. The molecule has 1 amide bonds. The number of aliphatic imine (C=N–C) groups is 1. The van der Waals surface area contributed by atoms with Crippen LogP contribution in [0.1, 0.15) is 44.6 Å². The van der Waals surface area contributed by atoms with Crippen LogP contribution in [0.3, 0.4) is 0 Å². The summed E-state index contributed by atoms with van der Waals surface area (Å²) in [5.41, 5.74) is 1.16. The lowest BCUT2D eigenvalue weighted by molar-refractivity contribution is -0.134. The molecule has 1 unspecified atom stereocenters. The smallest absolute Gasteiger partial charge is 0.225 e. The number of rotatable bonds is 6. The predicted molar refractivity (Wildman–Crippen MR) is 118 cm³/mol. The first kappa shape index (κ1) is 22.0. The van der Waals surface area contributed by atoms with Gasteiger partial charge in [0.25, 0.3) is 0 Å². The number of aromatic nitrogens is 2. The Labute approximate surface area is 179 Å². The molecule has 1 aromatic heterocycles. The Bertz CT molecular complexity index is 625. The van der Waals surface area contributed by atoms with Gasteiger partial charge in [-0.05, 0) is 38.7 Å². The molecule has 0 radical (unpaired) electrons. The van der Waals surface area contributed by atoms with Gasteiger partial charge in [0.1, 0.15) is 0 Å². The molecule has 1 aliphatic carbocycles. The molecular formula is C19H33IN6O. The number of amides is 1. The monoisotopic (exact) mass is 488 g/mol. The van der Waals surface area contributed by atoms with Crippen LogP contribution in [0.5, 0.6) is 0 Å². The van der Waals surface area contributed by atoms with E-state index < -0.39 is 0 Å². The molecule has 1 aliphatic heterocycles. The Morgan fingerprint density at radius 2 is 2.11 bits per heavy atom. The second-order valence-corrected chi connectivity index (χ2v) is 7.44. The third-order valence-electron chi connectivity index (χ3n) is 5.25. The first-order valence-electron chi connectivity index (χ1n) is 9.98. The minimum atomic E-state index is 0. The molecule has 8 heteroatoms. The van der Waals surface area contributed by atoms with E-state index in [2.05, 4.69) is 27.6 Å². The van der Waals surface area contributed by atoms with E-state index in [4.69, 9.17) is 0 Å². The number of nitrogens with one attached hydrogen (secondary N) is 2. The predicted octanol–water partition coefficient (Wildman–Crippen LogP) is 2.16. The van der Waals surface area contributed by atoms with E-state index in [1.165, 1.54) is 12.8 Å². The quantitative estimate of drug-likeness (QED) is 0.366. The van der Waals surface area contributed by atoms with Crippen LogP contribution in [-0.2, 0) is 11.3 Å². The molecule has 0 spiro atoms. The number of nitrogens with zero attached hydrogens (tertiary/aromatic N) is 4. The molecule has 2 fully saturated rings. The van der Waals surface area contributed by atoms with E-state index in [1.807, 2.05) is 28.9 Å². The summed E-state index contributed by atoms with van der Waals surface area (Å²) in [6.07, 6.45) is 9.44. The Morgan fingerprint density at radius 1 is 1.33 bits per heavy atom. The topological polar surface area (TPSA) is 74.6 Å². The van der Waals surface area contributed by atoms with Crippen LogP contribution in [0.25, 0.3) is 0 Å². The molecule has 0 aromatic carbocycles. The van der Waals surface area contributed by atoms with Gasteiger partial charge in [-0.2, -0.15) is 5.10 Å². The van der Waals surface area contributed by atoms with Crippen molar-refractivity contribution in [2.45, 2.75) is 58.5 Å². The van der Waals surface area contributed by atoms with Crippen molar-refractivity contribution in [3.05, 3.63) is 18.0 Å². The summed E-state index contributed by atoms with van der Waals surface area (Å²) in [6, 6.07) is 0.283. The molecule has 2 aliphatic rings. The third kappa shape index (κ3) is 6.36. The highest BCUT2D eigenvalue weighted by molar-refractivity contribution is 14.0. The lowest BCUT2D eigenvalue weighted by Crippen LogP contribution is -2.45. The summed E-state index contributed by atoms with van der Waals surface area (Å²) in [4.78, 5) is 19.3. The minimum Gasteiger partial charge on any atom is -0.357 e. The highest BCUT2D eigenvalue weighted by Crippen LogP contribution is 2.27. The Balaban J connectivity index is 0.00000261. The number of halogens is 1. The summed E-state index contributed by atoms with van der Waals surface area (Å²) >= 11 is 0. The fraction of sp³-hybridized carbons (Fsp3) is 0.737. The molecule has 27 heavy (non-hydrogen) atoms. The van der Waals surface area contributed by atoms with E-state index in [-0.39, 0.29) is 35.9 Å². The second kappa shape index (κ2) is 10.9. The molecule has 0 bridgehead atoms. The van der Waals surface area contributed by atoms with Gasteiger partial charge in [-0.3, -0.25) is 14.5 Å². The van der Waals surface area contributed by atoms with E-state index in [0.717, 1.165) is 57.0 Å². The zero-order valence-corrected chi connectivity index (χ0v) is 18.8. The largest absolute Gasteiger partial charge is 0.357 e. The Kier molecular flexibility index (Phi) is 8.85. The van der Waals surface area contributed by atoms with Crippen molar-refractivity contribution in [2.24, 2.45) is 10.9 Å². The minimum absolute atomic E-state index is 0. The van der Waals surface area contributed by atoms with Crippen LogP contribution in [0.4, 0.5) is 0 Å². The molecule has 1 atom stereocenters. The molecule has 7 nitrogen and oxygen atoms in total. The van der Waals surface area contributed by atoms with Gasteiger partial charge in [-0.15, -0.1) is 24.0 Å². The first-order chi connectivity index (χ1) is 12.7. The third-order valence-corrected chi connectivity index (χ3v) is 5.25. The van der Waals surface area contributed by atoms with Crippen LogP contribution in [-0.4, -0.2) is 58.8 Å². The number of aryl methyl sites for hydroxylation is 1. The number of likely N-dealkylation sites (tertiary alicyclic amines) is 1. The zero-order chi connectivity index (χ0) is 18.4. The molecular weight excluding hydrogens is 455 g/mol. The average Bonchev–Trinajstić information content (AvgIpc) is 3.36. The van der Waals surface area contributed by atoms with Crippen LogP contribution in [0.2, 0.25) is 0 Å². The summed E-state index contributed by atoms with van der Waals surface area (Å²) in [5.74, 6) is 1.47. The summed E-state index contributed by atoms with van der Waals surface area (Å²) in [7, 11) is 0. The van der Waals surface area contributed by atoms with Gasteiger partial charge in [0.05, 0.1) is 19.3 Å². The highest BCUT2D eigenvalue weighted by atomic mass is 127. The number of carbonyl (C=O) groups excluding carboxylic acids is 1. The lowest BCUT2D eigenvalue weighted by Gasteiger charge is -2.21. The fourth-order valence-electron chi connectivity index (χ4n) is 3.88. The van der Waals surface area contributed by atoms with E-state index >= 15 is 0 Å². The normalized spacial score (nSPS) is 20.6. The molecule has 1 saturated heterocycles. The van der Waals surface area contributed by atoms with Gasteiger partial charge in [-0.1, -0.05) is 12.8 Å². The highest BCUT2D eigenvalue weighted by Gasteiger charge is 2.32. The zero-order valence-electron chi connectivity index (χ0n) is 16.5. The first-order valence-corrected chi connectivity index (χ1v) is 9.98. The van der Waals surface area contributed by atoms with Crippen LogP contribution in [0, 0.1) is 12.8 Å². The summed E-state index contributed by atoms with van der Waals surface area (Å²) in [6.45, 7) is 8.02. The molecule has 3 rings (SSSR count). The van der Waals surface area contributed by atoms with Gasteiger partial charge >= 0.3 is 0 Å². The van der Waals surface area contributed by atoms with Gasteiger partial charge < -0.3 is 15.5 Å². The van der Waals surface area contributed by atoms with E-state index in [0.29, 0.717) is 12.5 Å². The average molecular weight is 488 g/mol.